The predicted molar refractivity (Wildman–Crippen MR) is 109 cm³/mol. The molecule has 148 valence electrons. The van der Waals surface area contributed by atoms with Crippen LogP contribution in [0, 0.1) is 18.3 Å². The number of hydrogen-bond donors (Lipinski definition) is 0. The Hall–Kier alpha value is -3.40. The molecule has 7 nitrogen and oxygen atoms in total. The number of esters is 1. The molecule has 0 saturated heterocycles. The zero-order valence-electron chi connectivity index (χ0n) is 17.1. The van der Waals surface area contributed by atoms with Crippen molar-refractivity contribution in [2.45, 2.75) is 52.9 Å². The summed E-state index contributed by atoms with van der Waals surface area (Å²) in [6.45, 7) is 8.96. The summed E-state index contributed by atoms with van der Waals surface area (Å²) in [5.41, 5.74) is 4.84. The van der Waals surface area contributed by atoms with Gasteiger partial charge < -0.3 is 9.64 Å². The maximum Gasteiger partial charge on any atom is 0.328 e. The van der Waals surface area contributed by atoms with Crippen LogP contribution in [0.25, 0.3) is 10.9 Å². The van der Waals surface area contributed by atoms with Crippen LogP contribution in [0.2, 0.25) is 0 Å². The summed E-state index contributed by atoms with van der Waals surface area (Å²) in [5.74, 6) is -0.297. The average Bonchev–Trinajstić information content (AvgIpc) is 3.20. The van der Waals surface area contributed by atoms with Crippen LogP contribution < -0.4 is 4.90 Å². The summed E-state index contributed by atoms with van der Waals surface area (Å²) in [6.07, 6.45) is 1.70. The maximum atomic E-state index is 12.3. The first kappa shape index (κ1) is 18.9. The van der Waals surface area contributed by atoms with E-state index in [9.17, 15) is 10.1 Å². The third kappa shape index (κ3) is 3.54. The lowest BCUT2D eigenvalue weighted by molar-refractivity contribution is -0.155. The molecule has 0 fully saturated rings. The summed E-state index contributed by atoms with van der Waals surface area (Å²) in [5, 5.41) is 14.9. The maximum absolute atomic E-state index is 12.3. The molecule has 0 radical (unpaired) electrons. The molecule has 3 aromatic rings. The van der Waals surface area contributed by atoms with E-state index in [1.807, 2.05) is 52.0 Å². The minimum absolute atomic E-state index is 0.0942. The monoisotopic (exact) mass is 389 g/mol. The highest BCUT2D eigenvalue weighted by molar-refractivity contribution is 5.95. The van der Waals surface area contributed by atoms with Gasteiger partial charge in [0.2, 0.25) is 0 Å². The summed E-state index contributed by atoms with van der Waals surface area (Å²) >= 11 is 0. The third-order valence-electron chi connectivity index (χ3n) is 4.96. The molecule has 0 aliphatic carbocycles. The number of rotatable bonds is 3. The normalized spacial score (nSPS) is 13.4. The molecule has 0 unspecified atom stereocenters. The van der Waals surface area contributed by atoms with Crippen LogP contribution in [0.5, 0.6) is 0 Å². The van der Waals surface area contributed by atoms with Gasteiger partial charge in [-0.15, -0.1) is 0 Å². The quantitative estimate of drug-likeness (QED) is 0.638. The van der Waals surface area contributed by atoms with E-state index in [0.29, 0.717) is 24.2 Å². The molecular formula is C22H23N5O2. The van der Waals surface area contributed by atoms with Crippen molar-refractivity contribution in [2.24, 2.45) is 0 Å². The number of nitrogens with zero attached hydrogens (tertiary/aromatic N) is 5. The van der Waals surface area contributed by atoms with E-state index in [2.05, 4.69) is 21.1 Å². The fourth-order valence-electron chi connectivity index (χ4n) is 3.80. The largest absolute Gasteiger partial charge is 0.459 e. The van der Waals surface area contributed by atoms with Gasteiger partial charge in [-0.3, -0.25) is 14.5 Å². The molecule has 0 spiro atoms. The van der Waals surface area contributed by atoms with E-state index in [-0.39, 0.29) is 12.5 Å². The minimum Gasteiger partial charge on any atom is -0.459 e. The summed E-state index contributed by atoms with van der Waals surface area (Å²) < 4.78 is 7.21. The molecule has 0 saturated carbocycles. The second-order valence-electron chi connectivity index (χ2n) is 8.25. The Morgan fingerprint density at radius 3 is 2.79 bits per heavy atom. The molecule has 29 heavy (non-hydrogen) atoms. The number of ether oxygens (including phenoxy) is 1. The summed E-state index contributed by atoms with van der Waals surface area (Å²) in [7, 11) is 0. The molecule has 1 aliphatic rings. The smallest absolute Gasteiger partial charge is 0.328 e. The fourth-order valence-corrected chi connectivity index (χ4v) is 3.80. The first-order chi connectivity index (χ1) is 13.8. The van der Waals surface area contributed by atoms with Gasteiger partial charge in [0.1, 0.15) is 18.2 Å². The van der Waals surface area contributed by atoms with Crippen LogP contribution in [0.1, 0.15) is 43.3 Å². The van der Waals surface area contributed by atoms with Crippen molar-refractivity contribution < 1.29 is 9.53 Å². The number of anilines is 1. The van der Waals surface area contributed by atoms with Crippen LogP contribution in [0.15, 0.2) is 30.5 Å². The molecule has 7 heteroatoms. The van der Waals surface area contributed by atoms with Gasteiger partial charge in [0.25, 0.3) is 0 Å². The first-order valence-electron chi connectivity index (χ1n) is 9.56. The number of carbonyl (C=O) groups is 1. The van der Waals surface area contributed by atoms with Gasteiger partial charge in [-0.2, -0.15) is 10.4 Å². The van der Waals surface area contributed by atoms with E-state index in [0.717, 1.165) is 28.0 Å². The lowest BCUT2D eigenvalue weighted by Crippen LogP contribution is -2.27. The van der Waals surface area contributed by atoms with E-state index < -0.39 is 5.60 Å². The Morgan fingerprint density at radius 2 is 2.07 bits per heavy atom. The molecule has 0 amide bonds. The van der Waals surface area contributed by atoms with Gasteiger partial charge in [-0.25, -0.2) is 0 Å². The second kappa shape index (κ2) is 6.89. The number of aryl methyl sites for hydroxylation is 1. The second-order valence-corrected chi connectivity index (χ2v) is 8.25. The van der Waals surface area contributed by atoms with Crippen LogP contribution in [-0.4, -0.2) is 26.3 Å². The fraction of sp³-hybridized carbons (Fsp3) is 0.364. The number of pyridine rings is 1. The van der Waals surface area contributed by atoms with Crippen molar-refractivity contribution >= 4 is 22.6 Å². The zero-order chi connectivity index (χ0) is 20.8. The Labute approximate surface area is 169 Å². The highest BCUT2D eigenvalue weighted by Gasteiger charge is 2.29. The predicted octanol–water partition coefficient (Wildman–Crippen LogP) is 3.47. The standard InChI is InChI=1S/C22H23N5O2/c1-14-17-11-26(12-19(17)27(25-14)13-20(28)29-22(2,3)4)18-8-7-15(10-23)21-16(18)6-5-9-24-21/h5-9H,11-13H2,1-4H3. The first-order valence-corrected chi connectivity index (χ1v) is 9.56. The van der Waals surface area contributed by atoms with Crippen LogP contribution in [0.3, 0.4) is 0 Å². The number of carbonyl (C=O) groups excluding carboxylic acids is 1. The molecule has 3 heterocycles. The van der Waals surface area contributed by atoms with E-state index in [1.54, 1.807) is 10.9 Å². The van der Waals surface area contributed by atoms with Crippen molar-refractivity contribution in [1.82, 2.24) is 14.8 Å². The van der Waals surface area contributed by atoms with Crippen molar-refractivity contribution in [2.75, 3.05) is 4.90 Å². The zero-order valence-corrected chi connectivity index (χ0v) is 17.1. The SMILES string of the molecule is Cc1nn(CC(=O)OC(C)(C)C)c2c1CN(c1ccc(C#N)c3ncccc13)C2. The van der Waals surface area contributed by atoms with E-state index in [1.165, 1.54) is 0 Å². The minimum atomic E-state index is -0.525. The number of fused-ring (bicyclic) bond motifs is 2. The molecule has 1 aliphatic heterocycles. The average molecular weight is 389 g/mol. The van der Waals surface area contributed by atoms with Gasteiger partial charge in [0, 0.05) is 29.4 Å². The van der Waals surface area contributed by atoms with Crippen LogP contribution >= 0.6 is 0 Å². The van der Waals surface area contributed by atoms with Gasteiger partial charge >= 0.3 is 5.97 Å². The highest BCUT2D eigenvalue weighted by atomic mass is 16.6. The topological polar surface area (TPSA) is 84.0 Å². The number of nitriles is 1. The van der Waals surface area contributed by atoms with Gasteiger partial charge in [0.05, 0.1) is 29.0 Å². The molecule has 4 rings (SSSR count). The van der Waals surface area contributed by atoms with Gasteiger partial charge in [-0.1, -0.05) is 0 Å². The summed E-state index contributed by atoms with van der Waals surface area (Å²) in [6, 6.07) is 9.86. The van der Waals surface area contributed by atoms with Crippen molar-refractivity contribution in [3.05, 3.63) is 53.0 Å². The number of hydrogen-bond acceptors (Lipinski definition) is 6. The van der Waals surface area contributed by atoms with Crippen LogP contribution in [0.4, 0.5) is 5.69 Å². The molecule has 2 aromatic heterocycles. The van der Waals surface area contributed by atoms with E-state index >= 15 is 0 Å². The van der Waals surface area contributed by atoms with Crippen molar-refractivity contribution in [3.8, 4) is 6.07 Å². The molecule has 1 aromatic carbocycles. The lowest BCUT2D eigenvalue weighted by Gasteiger charge is -2.21. The van der Waals surface area contributed by atoms with Crippen molar-refractivity contribution in [3.63, 3.8) is 0 Å². The van der Waals surface area contributed by atoms with Crippen molar-refractivity contribution in [1.29, 1.82) is 5.26 Å². The molecule has 0 bridgehead atoms. The molecule has 0 N–H and O–H groups in total. The van der Waals surface area contributed by atoms with Gasteiger partial charge in [0.15, 0.2) is 0 Å². The molecular weight excluding hydrogens is 366 g/mol. The summed E-state index contributed by atoms with van der Waals surface area (Å²) in [4.78, 5) is 18.9. The Balaban J connectivity index is 1.65. The Morgan fingerprint density at radius 1 is 1.28 bits per heavy atom. The van der Waals surface area contributed by atoms with Crippen LogP contribution in [-0.2, 0) is 29.2 Å². The number of benzene rings is 1. The number of aromatic nitrogens is 3. The Bertz CT molecular complexity index is 1150. The van der Waals surface area contributed by atoms with Gasteiger partial charge in [-0.05, 0) is 52.0 Å². The highest BCUT2D eigenvalue weighted by Crippen LogP contribution is 2.35. The van der Waals surface area contributed by atoms with E-state index in [4.69, 9.17) is 4.74 Å². The third-order valence-corrected chi connectivity index (χ3v) is 4.96. The lowest BCUT2D eigenvalue weighted by atomic mass is 10.1. The Kier molecular flexibility index (Phi) is 4.50. The molecule has 0 atom stereocenters.